The van der Waals surface area contributed by atoms with Gasteiger partial charge in [0.05, 0.1) is 0 Å². The summed E-state index contributed by atoms with van der Waals surface area (Å²) in [6.07, 6.45) is -0.707. The molecule has 0 spiro atoms. The van der Waals surface area contributed by atoms with Crippen molar-refractivity contribution < 1.29 is 24.2 Å². The number of amides is 2. The van der Waals surface area contributed by atoms with Crippen LogP contribution in [0.3, 0.4) is 0 Å². The summed E-state index contributed by atoms with van der Waals surface area (Å²) >= 11 is 0. The summed E-state index contributed by atoms with van der Waals surface area (Å²) in [4.78, 5) is 37.4. The van der Waals surface area contributed by atoms with Gasteiger partial charge in [-0.15, -0.1) is 0 Å². The molecule has 0 aliphatic heterocycles. The van der Waals surface area contributed by atoms with E-state index in [-0.39, 0.29) is 24.0 Å². The number of carboxylic acids is 1. The molecule has 0 fully saturated rings. The standard InChI is InChI=1S/C24H24N4O5/c1-24(2,22(30)31)28(3)21(29)19-12-20(27-26-19)25-23(32)33-13-18-16-10-6-4-8-14(16)15-9-5-7-11-17(15)18/h4-12,18H,13H2,1-3H3,(H,30,31)(H2,25,26,27,32). The summed E-state index contributed by atoms with van der Waals surface area (Å²) in [5, 5.41) is 18.2. The molecular weight excluding hydrogens is 424 g/mol. The number of hydrogen-bond donors (Lipinski definition) is 3. The Hall–Kier alpha value is -4.14. The number of nitrogens with zero attached hydrogens (tertiary/aromatic N) is 2. The van der Waals surface area contributed by atoms with Crippen LogP contribution in [0, 0.1) is 0 Å². The zero-order valence-corrected chi connectivity index (χ0v) is 18.5. The smallest absolute Gasteiger partial charge is 0.412 e. The molecule has 33 heavy (non-hydrogen) atoms. The van der Waals surface area contributed by atoms with Gasteiger partial charge in [-0.2, -0.15) is 5.10 Å². The molecule has 1 heterocycles. The highest BCUT2D eigenvalue weighted by molar-refractivity contribution is 5.97. The Bertz CT molecular complexity index is 1190. The van der Waals surface area contributed by atoms with E-state index in [0.29, 0.717) is 0 Å². The van der Waals surface area contributed by atoms with E-state index < -0.39 is 23.5 Å². The van der Waals surface area contributed by atoms with Crippen molar-refractivity contribution in [3.8, 4) is 11.1 Å². The van der Waals surface area contributed by atoms with Crippen LogP contribution in [-0.2, 0) is 9.53 Å². The van der Waals surface area contributed by atoms with Gasteiger partial charge in [0.15, 0.2) is 5.82 Å². The third kappa shape index (κ3) is 4.05. The maximum Gasteiger partial charge on any atom is 0.412 e. The Balaban J connectivity index is 1.40. The zero-order chi connectivity index (χ0) is 23.8. The van der Waals surface area contributed by atoms with Gasteiger partial charge in [0.2, 0.25) is 0 Å². The molecule has 170 valence electrons. The van der Waals surface area contributed by atoms with Gasteiger partial charge in [-0.3, -0.25) is 15.2 Å². The summed E-state index contributed by atoms with van der Waals surface area (Å²) in [6.45, 7) is 2.98. The van der Waals surface area contributed by atoms with Gasteiger partial charge < -0.3 is 14.7 Å². The molecule has 0 saturated carbocycles. The number of carboxylic acid groups (broad SMARTS) is 1. The van der Waals surface area contributed by atoms with E-state index in [9.17, 15) is 19.5 Å². The highest BCUT2D eigenvalue weighted by atomic mass is 16.5. The lowest BCUT2D eigenvalue weighted by Gasteiger charge is -2.30. The van der Waals surface area contributed by atoms with E-state index in [2.05, 4.69) is 27.6 Å². The first-order valence-electron chi connectivity index (χ1n) is 10.4. The molecule has 2 amide bonds. The molecular formula is C24H24N4O5. The molecule has 9 nitrogen and oxygen atoms in total. The number of aromatic amines is 1. The van der Waals surface area contributed by atoms with Crippen LogP contribution in [0.2, 0.25) is 0 Å². The number of carbonyl (C=O) groups is 3. The average molecular weight is 448 g/mol. The topological polar surface area (TPSA) is 125 Å². The lowest BCUT2D eigenvalue weighted by molar-refractivity contribution is -0.147. The third-order valence-corrected chi connectivity index (χ3v) is 6.05. The number of aliphatic carboxylic acids is 1. The fraction of sp³-hybridized carbons (Fsp3) is 0.250. The quantitative estimate of drug-likeness (QED) is 0.528. The minimum atomic E-state index is -1.41. The molecule has 0 saturated heterocycles. The lowest BCUT2D eigenvalue weighted by Crippen LogP contribution is -2.50. The zero-order valence-electron chi connectivity index (χ0n) is 18.5. The van der Waals surface area contributed by atoms with Gasteiger partial charge in [-0.25, -0.2) is 9.59 Å². The fourth-order valence-corrected chi connectivity index (χ4v) is 3.81. The Morgan fingerprint density at radius 1 is 1.09 bits per heavy atom. The van der Waals surface area contributed by atoms with Gasteiger partial charge in [0.1, 0.15) is 17.8 Å². The van der Waals surface area contributed by atoms with Crippen molar-refractivity contribution >= 4 is 23.8 Å². The van der Waals surface area contributed by atoms with Gasteiger partial charge in [0.25, 0.3) is 5.91 Å². The van der Waals surface area contributed by atoms with Crippen LogP contribution in [0.15, 0.2) is 54.6 Å². The van der Waals surface area contributed by atoms with Crippen molar-refractivity contribution in [3.05, 3.63) is 71.4 Å². The van der Waals surface area contributed by atoms with Crippen LogP contribution < -0.4 is 5.32 Å². The number of ether oxygens (including phenoxy) is 1. The molecule has 2 aromatic carbocycles. The van der Waals surface area contributed by atoms with Gasteiger partial charge in [0, 0.05) is 19.0 Å². The Morgan fingerprint density at radius 3 is 2.24 bits per heavy atom. The number of nitrogens with one attached hydrogen (secondary N) is 2. The van der Waals surface area contributed by atoms with Crippen molar-refractivity contribution in [2.75, 3.05) is 19.0 Å². The number of carbonyl (C=O) groups excluding carboxylic acids is 2. The number of anilines is 1. The normalized spacial score (nSPS) is 12.6. The molecule has 0 atom stereocenters. The molecule has 3 N–H and O–H groups in total. The molecule has 0 unspecified atom stereocenters. The van der Waals surface area contributed by atoms with Gasteiger partial charge >= 0.3 is 12.1 Å². The van der Waals surface area contributed by atoms with Crippen LogP contribution in [-0.4, -0.2) is 57.4 Å². The molecule has 1 aromatic heterocycles. The molecule has 1 aliphatic rings. The fourth-order valence-electron chi connectivity index (χ4n) is 3.81. The van der Waals surface area contributed by atoms with Gasteiger partial charge in [-0.1, -0.05) is 48.5 Å². The van der Waals surface area contributed by atoms with Crippen molar-refractivity contribution in [3.63, 3.8) is 0 Å². The molecule has 9 heteroatoms. The third-order valence-electron chi connectivity index (χ3n) is 6.05. The molecule has 4 rings (SSSR count). The second-order valence-corrected chi connectivity index (χ2v) is 8.35. The minimum absolute atomic E-state index is 0.0424. The minimum Gasteiger partial charge on any atom is -0.480 e. The van der Waals surface area contributed by atoms with Crippen molar-refractivity contribution in [1.29, 1.82) is 0 Å². The number of fused-ring (bicyclic) bond motifs is 3. The lowest BCUT2D eigenvalue weighted by atomic mass is 9.98. The second kappa shape index (κ2) is 8.42. The SMILES string of the molecule is CN(C(=O)c1cc(NC(=O)OCC2c3ccccc3-c3ccccc32)n[nH]1)C(C)(C)C(=O)O. The first-order valence-corrected chi connectivity index (χ1v) is 10.4. The van der Waals surface area contributed by atoms with Crippen LogP contribution in [0.1, 0.15) is 41.4 Å². The number of hydrogen-bond acceptors (Lipinski definition) is 5. The molecule has 1 aliphatic carbocycles. The van der Waals surface area contributed by atoms with E-state index in [1.165, 1.54) is 27.0 Å². The number of rotatable bonds is 6. The Kier molecular flexibility index (Phi) is 5.63. The number of H-pyrrole nitrogens is 1. The first-order chi connectivity index (χ1) is 15.7. The van der Waals surface area contributed by atoms with Crippen LogP contribution in [0.4, 0.5) is 10.6 Å². The van der Waals surface area contributed by atoms with E-state index in [1.54, 1.807) is 0 Å². The van der Waals surface area contributed by atoms with Crippen molar-refractivity contribution in [2.45, 2.75) is 25.3 Å². The van der Waals surface area contributed by atoms with Crippen molar-refractivity contribution in [2.24, 2.45) is 0 Å². The van der Waals surface area contributed by atoms with Crippen molar-refractivity contribution in [1.82, 2.24) is 15.1 Å². The predicted octanol–water partition coefficient (Wildman–Crippen LogP) is 3.71. The largest absolute Gasteiger partial charge is 0.480 e. The maximum atomic E-state index is 12.6. The van der Waals surface area contributed by atoms with Crippen LogP contribution in [0.5, 0.6) is 0 Å². The van der Waals surface area contributed by atoms with E-state index in [0.717, 1.165) is 27.2 Å². The average Bonchev–Trinajstić information content (AvgIpc) is 3.39. The number of benzene rings is 2. The van der Waals surface area contributed by atoms with E-state index >= 15 is 0 Å². The second-order valence-electron chi connectivity index (χ2n) is 8.35. The predicted molar refractivity (Wildman–Crippen MR) is 121 cm³/mol. The molecule has 0 bridgehead atoms. The van der Waals surface area contributed by atoms with E-state index in [1.807, 2.05) is 36.4 Å². The van der Waals surface area contributed by atoms with Gasteiger partial charge in [-0.05, 0) is 36.1 Å². The number of aromatic nitrogens is 2. The summed E-state index contributed by atoms with van der Waals surface area (Å²) in [7, 11) is 1.38. The van der Waals surface area contributed by atoms with Crippen LogP contribution >= 0.6 is 0 Å². The first kappa shape index (κ1) is 22.1. The Labute approximate surface area is 190 Å². The summed E-state index contributed by atoms with van der Waals surface area (Å²) in [6, 6.07) is 17.4. The summed E-state index contributed by atoms with van der Waals surface area (Å²) in [5.41, 5.74) is 3.09. The highest BCUT2D eigenvalue weighted by Gasteiger charge is 2.36. The Morgan fingerprint density at radius 2 is 1.67 bits per heavy atom. The molecule has 3 aromatic rings. The maximum absolute atomic E-state index is 12.6. The van der Waals surface area contributed by atoms with Crippen LogP contribution in [0.25, 0.3) is 11.1 Å². The van der Waals surface area contributed by atoms with E-state index in [4.69, 9.17) is 4.74 Å². The number of likely N-dealkylation sites (N-methyl/N-ethyl adjacent to an activating group) is 1. The summed E-state index contributed by atoms with van der Waals surface area (Å²) < 4.78 is 5.47. The molecule has 0 radical (unpaired) electrons. The monoisotopic (exact) mass is 448 g/mol. The highest BCUT2D eigenvalue weighted by Crippen LogP contribution is 2.44. The summed E-state index contributed by atoms with van der Waals surface area (Å²) in [5.74, 6) is -1.70.